The molecule has 0 aromatic heterocycles. The number of allylic oxidation sites excluding steroid dienone is 1. The van der Waals surface area contributed by atoms with Crippen LogP contribution in [0.15, 0.2) is 11.5 Å². The number of hydrogen-bond donors (Lipinski definition) is 1. The molecule has 3 aliphatic heterocycles. The summed E-state index contributed by atoms with van der Waals surface area (Å²) in [7, 11) is 0. The van der Waals surface area contributed by atoms with Crippen LogP contribution in [0, 0.1) is 17.9 Å². The first-order valence-corrected chi connectivity index (χ1v) is 11.2. The predicted octanol–water partition coefficient (Wildman–Crippen LogP) is 3.01. The van der Waals surface area contributed by atoms with Gasteiger partial charge in [0.25, 0.3) is 5.70 Å². The van der Waals surface area contributed by atoms with Crippen LogP contribution in [0.25, 0.3) is 4.85 Å². The van der Waals surface area contributed by atoms with Crippen LogP contribution in [0.1, 0.15) is 58.3 Å². The monoisotopic (exact) mass is 384 g/mol. The molecule has 0 radical (unpaired) electrons. The van der Waals surface area contributed by atoms with Crippen LogP contribution in [0.5, 0.6) is 0 Å². The molecule has 0 aromatic rings. The van der Waals surface area contributed by atoms with Crippen LogP contribution >= 0.6 is 0 Å². The van der Waals surface area contributed by atoms with E-state index in [1.54, 1.807) is 0 Å². The van der Waals surface area contributed by atoms with Gasteiger partial charge in [-0.3, -0.25) is 0 Å². The number of nitrogens with one attached hydrogen (secondary N) is 1. The van der Waals surface area contributed by atoms with Crippen molar-refractivity contribution in [2.75, 3.05) is 45.8 Å². The van der Waals surface area contributed by atoms with E-state index >= 15 is 0 Å². The first-order valence-electron chi connectivity index (χ1n) is 11.2. The van der Waals surface area contributed by atoms with Crippen molar-refractivity contribution in [3.05, 3.63) is 22.9 Å². The lowest BCUT2D eigenvalue weighted by Crippen LogP contribution is -2.48. The maximum absolute atomic E-state index is 9.44. The normalized spacial score (nSPS) is 25.8. The third-order valence-electron chi connectivity index (χ3n) is 6.73. The molecule has 1 unspecified atom stereocenters. The van der Waals surface area contributed by atoms with Gasteiger partial charge < -0.3 is 20.0 Å². The Bertz CT molecular complexity index is 585. The molecule has 0 amide bonds. The first-order chi connectivity index (χ1) is 13.7. The van der Waals surface area contributed by atoms with Gasteiger partial charge in [-0.25, -0.2) is 10.1 Å². The van der Waals surface area contributed by atoms with E-state index in [-0.39, 0.29) is 5.70 Å². The summed E-state index contributed by atoms with van der Waals surface area (Å²) in [5.41, 5.74) is 0.214. The third kappa shape index (κ3) is 5.40. The number of piperidine rings is 2. The fraction of sp³-hybridized carbons (Fsp3) is 0.818. The van der Waals surface area contributed by atoms with Crippen molar-refractivity contribution in [1.82, 2.24) is 20.0 Å². The highest BCUT2D eigenvalue weighted by Gasteiger charge is 2.27. The SMILES string of the molecule is [C-]#[N+]/C(C#N)=C(\NCCCN1CCCC1C)N1CCC(N2CCCCC2)CC1. The summed E-state index contributed by atoms with van der Waals surface area (Å²) < 4.78 is 0. The van der Waals surface area contributed by atoms with Crippen molar-refractivity contribution >= 4 is 0 Å². The smallest absolute Gasteiger partial charge is 0.300 e. The highest BCUT2D eigenvalue weighted by atomic mass is 15.3. The second-order valence-electron chi connectivity index (χ2n) is 8.54. The van der Waals surface area contributed by atoms with Gasteiger partial charge in [0, 0.05) is 38.3 Å². The quantitative estimate of drug-likeness (QED) is 0.415. The van der Waals surface area contributed by atoms with Crippen molar-refractivity contribution in [3.63, 3.8) is 0 Å². The summed E-state index contributed by atoms with van der Waals surface area (Å²) in [6, 6.07) is 3.48. The summed E-state index contributed by atoms with van der Waals surface area (Å²) in [5, 5.41) is 12.9. The van der Waals surface area contributed by atoms with E-state index in [2.05, 4.69) is 37.9 Å². The lowest BCUT2D eigenvalue weighted by atomic mass is 10.00. The van der Waals surface area contributed by atoms with Gasteiger partial charge >= 0.3 is 0 Å². The van der Waals surface area contributed by atoms with Gasteiger partial charge in [0.15, 0.2) is 0 Å². The van der Waals surface area contributed by atoms with E-state index in [0.29, 0.717) is 12.1 Å². The number of rotatable bonds is 7. The zero-order chi connectivity index (χ0) is 19.8. The highest BCUT2D eigenvalue weighted by molar-refractivity contribution is 5.32. The minimum Gasteiger partial charge on any atom is -0.380 e. The summed E-state index contributed by atoms with van der Waals surface area (Å²) in [6.45, 7) is 17.2. The van der Waals surface area contributed by atoms with Gasteiger partial charge in [0.2, 0.25) is 0 Å². The Labute approximate surface area is 171 Å². The Kier molecular flexibility index (Phi) is 8.01. The fourth-order valence-corrected chi connectivity index (χ4v) is 5.03. The van der Waals surface area contributed by atoms with E-state index in [4.69, 9.17) is 6.57 Å². The maximum atomic E-state index is 9.44. The molecule has 3 aliphatic rings. The standard InChI is InChI=1S/C22H36N6/c1-19-8-6-14-26(19)15-7-11-25-22(21(18-23)24-2)28-16-9-20(10-17-28)27-12-4-3-5-13-27/h19-20,25H,3-17H2,1H3/b22-21+. The number of hydrogen-bond acceptors (Lipinski definition) is 5. The van der Waals surface area contributed by atoms with E-state index in [9.17, 15) is 5.26 Å². The molecule has 0 aromatic carbocycles. The van der Waals surface area contributed by atoms with E-state index in [1.165, 1.54) is 51.7 Å². The molecule has 1 N–H and O–H groups in total. The van der Waals surface area contributed by atoms with Crippen molar-refractivity contribution < 1.29 is 0 Å². The Morgan fingerprint density at radius 3 is 2.43 bits per heavy atom. The van der Waals surface area contributed by atoms with Gasteiger partial charge in [0.05, 0.1) is 12.6 Å². The largest absolute Gasteiger partial charge is 0.380 e. The van der Waals surface area contributed by atoms with E-state index in [1.807, 2.05) is 0 Å². The summed E-state index contributed by atoms with van der Waals surface area (Å²) in [5.74, 6) is 0.768. The molecule has 3 heterocycles. The fourth-order valence-electron chi connectivity index (χ4n) is 5.03. The van der Waals surface area contributed by atoms with Crippen molar-refractivity contribution in [2.24, 2.45) is 0 Å². The van der Waals surface area contributed by atoms with Crippen molar-refractivity contribution in [2.45, 2.75) is 70.4 Å². The van der Waals surface area contributed by atoms with E-state index < -0.39 is 0 Å². The second-order valence-corrected chi connectivity index (χ2v) is 8.54. The topological polar surface area (TPSA) is 49.9 Å². The predicted molar refractivity (Wildman–Crippen MR) is 112 cm³/mol. The van der Waals surface area contributed by atoms with Crippen molar-refractivity contribution in [3.8, 4) is 6.07 Å². The molecule has 3 fully saturated rings. The van der Waals surface area contributed by atoms with Gasteiger partial charge in [-0.05, 0) is 71.5 Å². The second kappa shape index (κ2) is 10.7. The molecule has 154 valence electrons. The van der Waals surface area contributed by atoms with Gasteiger partial charge in [-0.15, -0.1) is 0 Å². The molecular formula is C22H36N6. The Balaban J connectivity index is 1.50. The molecule has 1 atom stereocenters. The molecule has 0 bridgehead atoms. The summed E-state index contributed by atoms with van der Waals surface area (Å²) in [4.78, 5) is 11.0. The van der Waals surface area contributed by atoms with Crippen LogP contribution in [-0.2, 0) is 0 Å². The summed E-state index contributed by atoms with van der Waals surface area (Å²) in [6.07, 6.45) is 9.97. The molecule has 28 heavy (non-hydrogen) atoms. The van der Waals surface area contributed by atoms with Crippen LogP contribution in [0.4, 0.5) is 0 Å². The zero-order valence-electron chi connectivity index (χ0n) is 17.5. The molecule has 0 aliphatic carbocycles. The molecular weight excluding hydrogens is 348 g/mol. The van der Waals surface area contributed by atoms with Crippen LogP contribution < -0.4 is 5.32 Å². The Hall–Kier alpha value is -1.76. The van der Waals surface area contributed by atoms with Crippen LogP contribution in [0.3, 0.4) is 0 Å². The summed E-state index contributed by atoms with van der Waals surface area (Å²) >= 11 is 0. The lowest BCUT2D eigenvalue weighted by Gasteiger charge is -2.41. The van der Waals surface area contributed by atoms with Crippen molar-refractivity contribution in [1.29, 1.82) is 5.26 Å². The third-order valence-corrected chi connectivity index (χ3v) is 6.73. The highest BCUT2D eigenvalue weighted by Crippen LogP contribution is 2.23. The zero-order valence-corrected chi connectivity index (χ0v) is 17.5. The molecule has 3 rings (SSSR count). The molecule has 0 spiro atoms. The maximum Gasteiger partial charge on any atom is 0.300 e. The molecule has 6 nitrogen and oxygen atoms in total. The molecule has 3 saturated heterocycles. The first kappa shape index (κ1) is 21.0. The molecule has 0 saturated carbocycles. The number of nitrogens with zero attached hydrogens (tertiary/aromatic N) is 5. The Morgan fingerprint density at radius 2 is 1.82 bits per heavy atom. The van der Waals surface area contributed by atoms with Gasteiger partial charge in [-0.1, -0.05) is 6.42 Å². The number of nitriles is 1. The van der Waals surface area contributed by atoms with Crippen LogP contribution in [-0.4, -0.2) is 72.6 Å². The van der Waals surface area contributed by atoms with Gasteiger partial charge in [-0.2, -0.15) is 0 Å². The average molecular weight is 385 g/mol. The lowest BCUT2D eigenvalue weighted by molar-refractivity contribution is 0.102. The minimum absolute atomic E-state index is 0.214. The molecule has 6 heteroatoms. The Morgan fingerprint density at radius 1 is 1.07 bits per heavy atom. The van der Waals surface area contributed by atoms with Crippen LogP contribution in [0.2, 0.25) is 0 Å². The average Bonchev–Trinajstić information content (AvgIpc) is 3.16. The minimum atomic E-state index is 0.214. The van der Waals surface area contributed by atoms with Gasteiger partial charge in [0.1, 0.15) is 5.82 Å². The van der Waals surface area contributed by atoms with E-state index in [0.717, 1.165) is 51.3 Å². The number of likely N-dealkylation sites (tertiary alicyclic amines) is 3.